The van der Waals surface area contributed by atoms with Crippen LogP contribution in [0.3, 0.4) is 0 Å². The van der Waals surface area contributed by atoms with Crippen molar-refractivity contribution in [3.63, 3.8) is 0 Å². The van der Waals surface area contributed by atoms with Gasteiger partial charge in [0.15, 0.2) is 0 Å². The van der Waals surface area contributed by atoms with Gasteiger partial charge in [0.2, 0.25) is 15.8 Å². The molecule has 3 aromatic carbocycles. The molecule has 0 atom stereocenters. The standard InChI is InChI=1S/C24H22N6O3S/c1-15-14-30(19-6-4-5-17(13-19)22(25)26)23(28-15)24(31)29-18-11-9-16(10-12-18)20-7-2-3-8-21(20)34(27,32)33/h2-14H,1H3,(H3,25,26)(H,29,31)(H2,27,32,33). The third kappa shape index (κ3) is 4.72. The van der Waals surface area contributed by atoms with Crippen LogP contribution in [0.4, 0.5) is 5.69 Å². The van der Waals surface area contributed by atoms with Gasteiger partial charge in [-0.05, 0) is 42.8 Å². The molecule has 0 bridgehead atoms. The Morgan fingerprint density at radius 2 is 1.74 bits per heavy atom. The molecular weight excluding hydrogens is 452 g/mol. The molecule has 1 aromatic heterocycles. The molecule has 0 radical (unpaired) electrons. The number of benzene rings is 3. The minimum Gasteiger partial charge on any atom is -0.384 e. The molecule has 0 unspecified atom stereocenters. The normalized spacial score (nSPS) is 11.2. The predicted molar refractivity (Wildman–Crippen MR) is 131 cm³/mol. The highest BCUT2D eigenvalue weighted by atomic mass is 32.2. The number of nitrogens with zero attached hydrogens (tertiary/aromatic N) is 2. The van der Waals surface area contributed by atoms with E-state index in [1.54, 1.807) is 84.4 Å². The van der Waals surface area contributed by atoms with Crippen molar-refractivity contribution < 1.29 is 13.2 Å². The first-order valence-corrected chi connectivity index (χ1v) is 11.7. The SMILES string of the molecule is Cc1cn(-c2cccc(C(=N)N)c2)c(C(=O)Nc2ccc(-c3ccccc3S(N)(=O)=O)cc2)n1. The van der Waals surface area contributed by atoms with Crippen LogP contribution in [0.2, 0.25) is 0 Å². The lowest BCUT2D eigenvalue weighted by molar-refractivity contribution is 0.101. The summed E-state index contributed by atoms with van der Waals surface area (Å²) in [5.41, 5.74) is 9.04. The molecule has 0 aliphatic carbocycles. The molecule has 0 aliphatic rings. The van der Waals surface area contributed by atoms with Crippen LogP contribution in [-0.2, 0) is 10.0 Å². The number of hydrogen-bond donors (Lipinski definition) is 4. The number of nitrogen functional groups attached to an aromatic ring is 1. The number of carbonyl (C=O) groups excluding carboxylic acids is 1. The van der Waals surface area contributed by atoms with Gasteiger partial charge in [-0.2, -0.15) is 0 Å². The smallest absolute Gasteiger partial charge is 0.292 e. The van der Waals surface area contributed by atoms with Crippen LogP contribution in [0.25, 0.3) is 16.8 Å². The van der Waals surface area contributed by atoms with Crippen LogP contribution in [0, 0.1) is 12.3 Å². The molecule has 1 heterocycles. The highest BCUT2D eigenvalue weighted by molar-refractivity contribution is 7.89. The first kappa shape index (κ1) is 22.9. The Morgan fingerprint density at radius 3 is 2.41 bits per heavy atom. The molecular formula is C24H22N6O3S. The molecule has 9 nitrogen and oxygen atoms in total. The Bertz CT molecular complexity index is 1510. The minimum absolute atomic E-state index is 0.0251. The number of carbonyl (C=O) groups is 1. The summed E-state index contributed by atoms with van der Waals surface area (Å²) in [6.45, 7) is 1.78. The van der Waals surface area contributed by atoms with E-state index in [0.717, 1.165) is 0 Å². The van der Waals surface area contributed by atoms with Crippen molar-refractivity contribution in [3.05, 3.63) is 96.1 Å². The molecule has 172 valence electrons. The van der Waals surface area contributed by atoms with Crippen molar-refractivity contribution in [1.29, 1.82) is 5.41 Å². The number of sulfonamides is 1. The van der Waals surface area contributed by atoms with Crippen molar-refractivity contribution in [2.75, 3.05) is 5.32 Å². The number of imidazole rings is 1. The Labute approximate surface area is 196 Å². The van der Waals surface area contributed by atoms with E-state index in [1.807, 2.05) is 0 Å². The molecule has 0 fully saturated rings. The maximum absolute atomic E-state index is 13.0. The molecule has 6 N–H and O–H groups in total. The molecule has 10 heteroatoms. The fourth-order valence-electron chi connectivity index (χ4n) is 3.55. The second-order valence-corrected chi connectivity index (χ2v) is 9.14. The quantitative estimate of drug-likeness (QED) is 0.249. The third-order valence-electron chi connectivity index (χ3n) is 5.11. The second-order valence-electron chi connectivity index (χ2n) is 7.61. The number of hydrogen-bond acceptors (Lipinski definition) is 5. The van der Waals surface area contributed by atoms with Gasteiger partial charge in [-0.25, -0.2) is 18.5 Å². The molecule has 0 saturated carbocycles. The Hall–Kier alpha value is -4.28. The van der Waals surface area contributed by atoms with Gasteiger partial charge in [0, 0.05) is 28.7 Å². The van der Waals surface area contributed by atoms with E-state index in [1.165, 1.54) is 6.07 Å². The highest BCUT2D eigenvalue weighted by Gasteiger charge is 2.18. The molecule has 34 heavy (non-hydrogen) atoms. The van der Waals surface area contributed by atoms with Crippen LogP contribution in [0.1, 0.15) is 21.9 Å². The number of nitrogens with one attached hydrogen (secondary N) is 2. The summed E-state index contributed by atoms with van der Waals surface area (Å²) in [6.07, 6.45) is 1.72. The second kappa shape index (κ2) is 8.93. The molecule has 0 saturated heterocycles. The van der Waals surface area contributed by atoms with Crippen LogP contribution < -0.4 is 16.2 Å². The molecule has 4 aromatic rings. The van der Waals surface area contributed by atoms with E-state index < -0.39 is 15.9 Å². The number of aromatic nitrogens is 2. The van der Waals surface area contributed by atoms with E-state index in [0.29, 0.717) is 33.8 Å². The number of amides is 1. The average Bonchev–Trinajstić information content (AvgIpc) is 3.21. The van der Waals surface area contributed by atoms with Gasteiger partial charge >= 0.3 is 0 Å². The zero-order chi connectivity index (χ0) is 24.5. The van der Waals surface area contributed by atoms with Crippen LogP contribution in [0.5, 0.6) is 0 Å². The fourth-order valence-corrected chi connectivity index (χ4v) is 4.31. The Balaban J connectivity index is 1.61. The summed E-state index contributed by atoms with van der Waals surface area (Å²) in [5, 5.41) is 15.8. The number of nitrogens with two attached hydrogens (primary N) is 2. The van der Waals surface area contributed by atoms with E-state index in [4.69, 9.17) is 16.3 Å². The third-order valence-corrected chi connectivity index (χ3v) is 6.08. The van der Waals surface area contributed by atoms with E-state index in [2.05, 4.69) is 10.3 Å². The zero-order valence-corrected chi connectivity index (χ0v) is 19.0. The molecule has 0 aliphatic heterocycles. The van der Waals surface area contributed by atoms with Crippen LogP contribution >= 0.6 is 0 Å². The zero-order valence-electron chi connectivity index (χ0n) is 18.2. The van der Waals surface area contributed by atoms with Gasteiger partial charge in [0.1, 0.15) is 5.84 Å². The molecule has 4 rings (SSSR count). The van der Waals surface area contributed by atoms with Crippen molar-refractivity contribution in [2.24, 2.45) is 10.9 Å². The lowest BCUT2D eigenvalue weighted by Crippen LogP contribution is -2.18. The first-order chi connectivity index (χ1) is 16.1. The van der Waals surface area contributed by atoms with Gasteiger partial charge in [0.05, 0.1) is 10.6 Å². The summed E-state index contributed by atoms with van der Waals surface area (Å²) < 4.78 is 25.4. The number of amidine groups is 1. The van der Waals surface area contributed by atoms with Gasteiger partial charge in [-0.15, -0.1) is 0 Å². The summed E-state index contributed by atoms with van der Waals surface area (Å²) in [6, 6.07) is 20.2. The summed E-state index contributed by atoms with van der Waals surface area (Å²) in [4.78, 5) is 17.4. The predicted octanol–water partition coefficient (Wildman–Crippen LogP) is 3.03. The number of primary sulfonamides is 1. The van der Waals surface area contributed by atoms with Crippen molar-refractivity contribution in [3.8, 4) is 16.8 Å². The van der Waals surface area contributed by atoms with Gasteiger partial charge in [0.25, 0.3) is 5.91 Å². The number of aryl methyl sites for hydroxylation is 1. The highest BCUT2D eigenvalue weighted by Crippen LogP contribution is 2.27. The van der Waals surface area contributed by atoms with Crippen molar-refractivity contribution in [1.82, 2.24) is 9.55 Å². The van der Waals surface area contributed by atoms with Crippen molar-refractivity contribution >= 4 is 27.5 Å². The maximum Gasteiger partial charge on any atom is 0.292 e. The fraction of sp³-hybridized carbons (Fsp3) is 0.0417. The van der Waals surface area contributed by atoms with E-state index in [-0.39, 0.29) is 16.6 Å². The van der Waals surface area contributed by atoms with Gasteiger partial charge in [-0.1, -0.05) is 42.5 Å². The lowest BCUT2D eigenvalue weighted by Gasteiger charge is -2.11. The topological polar surface area (TPSA) is 157 Å². The Morgan fingerprint density at radius 1 is 1.03 bits per heavy atom. The number of rotatable bonds is 6. The molecule has 0 spiro atoms. The van der Waals surface area contributed by atoms with Gasteiger partial charge in [-0.3, -0.25) is 14.8 Å². The van der Waals surface area contributed by atoms with Crippen molar-refractivity contribution in [2.45, 2.75) is 11.8 Å². The number of anilines is 1. The van der Waals surface area contributed by atoms with Gasteiger partial charge < -0.3 is 11.1 Å². The van der Waals surface area contributed by atoms with Crippen LogP contribution in [-0.4, -0.2) is 29.7 Å². The first-order valence-electron chi connectivity index (χ1n) is 10.2. The summed E-state index contributed by atoms with van der Waals surface area (Å²) in [7, 11) is -3.89. The van der Waals surface area contributed by atoms with E-state index >= 15 is 0 Å². The summed E-state index contributed by atoms with van der Waals surface area (Å²) in [5.74, 6) is -0.338. The van der Waals surface area contributed by atoms with Crippen LogP contribution in [0.15, 0.2) is 83.9 Å². The minimum atomic E-state index is -3.89. The summed E-state index contributed by atoms with van der Waals surface area (Å²) >= 11 is 0. The Kier molecular flexibility index (Phi) is 6.01. The maximum atomic E-state index is 13.0. The monoisotopic (exact) mass is 474 g/mol. The van der Waals surface area contributed by atoms with E-state index in [9.17, 15) is 13.2 Å². The molecule has 1 amide bonds. The lowest BCUT2D eigenvalue weighted by atomic mass is 10.1. The largest absolute Gasteiger partial charge is 0.384 e. The average molecular weight is 475 g/mol.